The number of alkyl carbamates (subject to hydrolysis) is 1. The van der Waals surface area contributed by atoms with E-state index in [1.807, 2.05) is 30.3 Å². The molecule has 0 aliphatic heterocycles. The quantitative estimate of drug-likeness (QED) is 0.783. The molecule has 0 fully saturated rings. The number of carbonyl (C=O) groups is 2. The summed E-state index contributed by atoms with van der Waals surface area (Å²) in [4.78, 5) is 22.6. The molecule has 0 bridgehead atoms. The van der Waals surface area contributed by atoms with Crippen molar-refractivity contribution in [1.29, 1.82) is 0 Å². The number of ketones is 1. The van der Waals surface area contributed by atoms with Crippen molar-refractivity contribution in [3.05, 3.63) is 48.6 Å². The van der Waals surface area contributed by atoms with Gasteiger partial charge in [0.25, 0.3) is 0 Å². The molecule has 4 heteroatoms. The van der Waals surface area contributed by atoms with E-state index in [1.54, 1.807) is 0 Å². The lowest BCUT2D eigenvalue weighted by molar-refractivity contribution is -0.115. The number of hydrogen-bond donors (Lipinski definition) is 1. The number of hydrogen-bond acceptors (Lipinski definition) is 3. The summed E-state index contributed by atoms with van der Waals surface area (Å²) in [6.45, 7) is 3.43. The minimum atomic E-state index is -0.534. The highest BCUT2D eigenvalue weighted by Gasteiger charge is 2.15. The topological polar surface area (TPSA) is 55.4 Å². The number of ether oxygens (including phenoxy) is 1. The van der Waals surface area contributed by atoms with Crippen LogP contribution in [0.25, 0.3) is 0 Å². The van der Waals surface area contributed by atoms with Crippen molar-refractivity contribution in [2.24, 2.45) is 0 Å². The molecule has 0 spiro atoms. The number of allylic oxidation sites excluding steroid dienone is 1. The van der Waals surface area contributed by atoms with Crippen LogP contribution in [0.15, 0.2) is 43.0 Å². The second-order valence-corrected chi connectivity index (χ2v) is 3.90. The third kappa shape index (κ3) is 4.82. The average molecular weight is 247 g/mol. The summed E-state index contributed by atoms with van der Waals surface area (Å²) in [7, 11) is 1.30. The van der Waals surface area contributed by atoms with Crippen molar-refractivity contribution < 1.29 is 14.3 Å². The summed E-state index contributed by atoms with van der Waals surface area (Å²) < 4.78 is 4.55. The molecule has 1 atom stereocenters. The van der Waals surface area contributed by atoms with Crippen molar-refractivity contribution in [1.82, 2.24) is 5.32 Å². The Balaban J connectivity index is 2.67. The van der Waals surface area contributed by atoms with Crippen molar-refractivity contribution in [3.8, 4) is 0 Å². The van der Waals surface area contributed by atoms with Gasteiger partial charge in [0, 0.05) is 12.5 Å². The Bertz CT molecular complexity index is 414. The van der Waals surface area contributed by atoms with Crippen LogP contribution in [0.2, 0.25) is 0 Å². The van der Waals surface area contributed by atoms with E-state index in [0.717, 1.165) is 5.56 Å². The molecule has 96 valence electrons. The summed E-state index contributed by atoms with van der Waals surface area (Å²) in [5, 5.41) is 2.65. The van der Waals surface area contributed by atoms with Gasteiger partial charge in [-0.25, -0.2) is 4.79 Å². The third-order valence-electron chi connectivity index (χ3n) is 2.51. The van der Waals surface area contributed by atoms with Crippen molar-refractivity contribution in [2.75, 3.05) is 7.11 Å². The van der Waals surface area contributed by atoms with Gasteiger partial charge in [0.05, 0.1) is 7.11 Å². The van der Waals surface area contributed by atoms with E-state index < -0.39 is 6.09 Å². The first kappa shape index (κ1) is 14.0. The Labute approximate surface area is 107 Å². The highest BCUT2D eigenvalue weighted by Crippen LogP contribution is 2.07. The predicted molar refractivity (Wildman–Crippen MR) is 69.3 cm³/mol. The van der Waals surface area contributed by atoms with Crippen molar-refractivity contribution >= 4 is 11.9 Å². The van der Waals surface area contributed by atoms with E-state index in [4.69, 9.17) is 0 Å². The Morgan fingerprint density at radius 2 is 2.06 bits per heavy atom. The van der Waals surface area contributed by atoms with E-state index in [9.17, 15) is 9.59 Å². The van der Waals surface area contributed by atoms with Gasteiger partial charge in [0.2, 0.25) is 0 Å². The molecule has 0 heterocycles. The first-order valence-electron chi connectivity index (χ1n) is 5.69. The van der Waals surface area contributed by atoms with Gasteiger partial charge < -0.3 is 10.1 Å². The Hall–Kier alpha value is -2.10. The molecule has 0 radical (unpaired) electrons. The van der Waals surface area contributed by atoms with Gasteiger partial charge >= 0.3 is 6.09 Å². The smallest absolute Gasteiger partial charge is 0.407 e. The van der Waals surface area contributed by atoms with E-state index >= 15 is 0 Å². The van der Waals surface area contributed by atoms with E-state index in [2.05, 4.69) is 16.6 Å². The molecule has 1 aromatic rings. The van der Waals surface area contributed by atoms with E-state index in [0.29, 0.717) is 6.42 Å². The standard InChI is InChI=1S/C14H17NO3/c1-3-13(16)10-12(15-14(17)18-2)9-11-7-5-4-6-8-11/h3-8,12H,1,9-10H2,2H3,(H,15,17). The average Bonchev–Trinajstić information content (AvgIpc) is 2.39. The Kier molecular flexibility index (Phi) is 5.64. The molecule has 4 nitrogen and oxygen atoms in total. The molecular formula is C14H17NO3. The summed E-state index contributed by atoms with van der Waals surface area (Å²) in [5.74, 6) is -0.104. The maximum absolute atomic E-state index is 11.4. The molecular weight excluding hydrogens is 230 g/mol. The highest BCUT2D eigenvalue weighted by atomic mass is 16.5. The molecule has 0 aliphatic carbocycles. The van der Waals surface area contributed by atoms with Crippen LogP contribution in [0.1, 0.15) is 12.0 Å². The molecule has 0 aromatic heterocycles. The largest absolute Gasteiger partial charge is 0.453 e. The summed E-state index contributed by atoms with van der Waals surface area (Å²) >= 11 is 0. The lowest BCUT2D eigenvalue weighted by atomic mass is 10.0. The zero-order valence-corrected chi connectivity index (χ0v) is 10.4. The first-order valence-corrected chi connectivity index (χ1v) is 5.69. The first-order chi connectivity index (χ1) is 8.65. The maximum Gasteiger partial charge on any atom is 0.407 e. The molecule has 0 saturated heterocycles. The number of methoxy groups -OCH3 is 1. The van der Waals surface area contributed by atoms with Crippen LogP contribution in [-0.4, -0.2) is 25.0 Å². The van der Waals surface area contributed by atoms with Gasteiger partial charge in [-0.05, 0) is 18.1 Å². The fourth-order valence-electron chi connectivity index (χ4n) is 1.62. The van der Waals surface area contributed by atoms with E-state index in [1.165, 1.54) is 13.2 Å². The summed E-state index contributed by atoms with van der Waals surface area (Å²) in [6, 6.07) is 9.36. The fraction of sp³-hybridized carbons (Fsp3) is 0.286. The number of nitrogens with one attached hydrogen (secondary N) is 1. The van der Waals surface area contributed by atoms with Gasteiger partial charge in [-0.1, -0.05) is 36.9 Å². The zero-order chi connectivity index (χ0) is 13.4. The zero-order valence-electron chi connectivity index (χ0n) is 10.4. The van der Waals surface area contributed by atoms with Crippen molar-refractivity contribution in [3.63, 3.8) is 0 Å². The lowest BCUT2D eigenvalue weighted by Crippen LogP contribution is -2.37. The molecule has 1 amide bonds. The predicted octanol–water partition coefficient (Wildman–Crippen LogP) is 2.10. The normalized spacial score (nSPS) is 11.4. The maximum atomic E-state index is 11.4. The summed E-state index contributed by atoms with van der Waals surface area (Å²) in [5.41, 5.74) is 1.05. The molecule has 0 saturated carbocycles. The summed E-state index contributed by atoms with van der Waals surface area (Å²) in [6.07, 6.45) is 1.52. The minimum absolute atomic E-state index is 0.104. The lowest BCUT2D eigenvalue weighted by Gasteiger charge is -2.16. The second-order valence-electron chi connectivity index (χ2n) is 3.90. The van der Waals surface area contributed by atoms with E-state index in [-0.39, 0.29) is 18.2 Å². The van der Waals surface area contributed by atoms with Gasteiger partial charge in [-0.15, -0.1) is 0 Å². The molecule has 1 unspecified atom stereocenters. The molecule has 1 rings (SSSR count). The molecule has 1 aromatic carbocycles. The fourth-order valence-corrected chi connectivity index (χ4v) is 1.62. The second kappa shape index (κ2) is 7.27. The number of carbonyl (C=O) groups excluding carboxylic acids is 2. The van der Waals surface area contributed by atoms with Crippen LogP contribution in [0.5, 0.6) is 0 Å². The molecule has 18 heavy (non-hydrogen) atoms. The molecule has 1 N–H and O–H groups in total. The Morgan fingerprint density at radius 1 is 1.39 bits per heavy atom. The van der Waals surface area contributed by atoms with Crippen LogP contribution >= 0.6 is 0 Å². The van der Waals surface area contributed by atoms with Gasteiger partial charge in [0.15, 0.2) is 5.78 Å². The highest BCUT2D eigenvalue weighted by molar-refractivity contribution is 5.89. The van der Waals surface area contributed by atoms with Gasteiger partial charge in [0.1, 0.15) is 0 Å². The van der Waals surface area contributed by atoms with Crippen molar-refractivity contribution in [2.45, 2.75) is 18.9 Å². The minimum Gasteiger partial charge on any atom is -0.453 e. The van der Waals surface area contributed by atoms with Gasteiger partial charge in [-0.2, -0.15) is 0 Å². The molecule has 0 aliphatic rings. The van der Waals surface area contributed by atoms with Crippen LogP contribution in [0, 0.1) is 0 Å². The van der Waals surface area contributed by atoms with Crippen LogP contribution in [0.4, 0.5) is 4.79 Å². The van der Waals surface area contributed by atoms with Gasteiger partial charge in [-0.3, -0.25) is 4.79 Å². The van der Waals surface area contributed by atoms with Crippen LogP contribution in [-0.2, 0) is 16.0 Å². The number of rotatable bonds is 6. The SMILES string of the molecule is C=CC(=O)CC(Cc1ccccc1)NC(=O)OC. The number of amides is 1. The monoisotopic (exact) mass is 247 g/mol. The Morgan fingerprint density at radius 3 is 2.61 bits per heavy atom. The van der Waals surface area contributed by atoms with Crippen LogP contribution < -0.4 is 5.32 Å². The van der Waals surface area contributed by atoms with Crippen LogP contribution in [0.3, 0.4) is 0 Å². The number of benzene rings is 1. The third-order valence-corrected chi connectivity index (χ3v) is 2.51.